The van der Waals surface area contributed by atoms with Gasteiger partial charge in [-0.15, -0.1) is 0 Å². The van der Waals surface area contributed by atoms with Crippen molar-refractivity contribution in [3.8, 4) is 0 Å². The average molecular weight is 439 g/mol. The lowest BCUT2D eigenvalue weighted by Gasteiger charge is -2.16. The second-order valence-electron chi connectivity index (χ2n) is 7.74. The number of nitrogens with one attached hydrogen (secondary N) is 3. The maximum Gasteiger partial charge on any atom is 0.229 e. The van der Waals surface area contributed by atoms with Gasteiger partial charge in [0.15, 0.2) is 0 Å². The number of fused-ring (bicyclic) bond motifs is 1. The highest BCUT2D eigenvalue weighted by molar-refractivity contribution is 6.31. The first-order valence-electron chi connectivity index (χ1n) is 10.1. The third-order valence-corrected chi connectivity index (χ3v) is 5.67. The topological polar surface area (TPSA) is 94.3 Å². The molecule has 2 aromatic carbocycles. The van der Waals surface area contributed by atoms with Crippen molar-refractivity contribution in [3.63, 3.8) is 0 Å². The van der Waals surface area contributed by atoms with Gasteiger partial charge in [-0.2, -0.15) is 0 Å². The molecule has 4 rings (SSSR count). The molecule has 3 aromatic rings. The highest BCUT2D eigenvalue weighted by Gasteiger charge is 2.34. The summed E-state index contributed by atoms with van der Waals surface area (Å²) >= 11 is 6.11. The van der Waals surface area contributed by atoms with E-state index in [0.717, 1.165) is 16.5 Å². The summed E-state index contributed by atoms with van der Waals surface area (Å²) in [5.41, 5.74) is 3.39. The van der Waals surface area contributed by atoms with Gasteiger partial charge in [-0.3, -0.25) is 14.4 Å². The van der Waals surface area contributed by atoms with Gasteiger partial charge in [0.1, 0.15) is 0 Å². The summed E-state index contributed by atoms with van der Waals surface area (Å²) in [5, 5.41) is 7.26. The number of likely N-dealkylation sites (tertiary alicyclic amines) is 1. The monoisotopic (exact) mass is 438 g/mol. The predicted octanol–water partition coefficient (Wildman–Crippen LogP) is 3.81. The number of rotatable bonds is 6. The van der Waals surface area contributed by atoms with Gasteiger partial charge in [0.05, 0.1) is 5.92 Å². The number of H-pyrrole nitrogens is 1. The maximum absolute atomic E-state index is 12.6. The van der Waals surface area contributed by atoms with E-state index in [-0.39, 0.29) is 30.1 Å². The van der Waals surface area contributed by atoms with Crippen LogP contribution in [0.3, 0.4) is 0 Å². The number of hydrogen-bond donors (Lipinski definition) is 3. The van der Waals surface area contributed by atoms with Crippen LogP contribution >= 0.6 is 11.6 Å². The van der Waals surface area contributed by atoms with Crippen molar-refractivity contribution in [3.05, 3.63) is 59.2 Å². The van der Waals surface area contributed by atoms with E-state index in [1.54, 1.807) is 29.2 Å². The molecular formula is C23H23ClN4O3. The van der Waals surface area contributed by atoms with Crippen molar-refractivity contribution in [2.75, 3.05) is 23.7 Å². The highest BCUT2D eigenvalue weighted by Crippen LogP contribution is 2.25. The van der Waals surface area contributed by atoms with Crippen molar-refractivity contribution < 1.29 is 14.4 Å². The van der Waals surface area contributed by atoms with Gasteiger partial charge in [-0.05, 0) is 54.4 Å². The summed E-state index contributed by atoms with van der Waals surface area (Å²) in [6.45, 7) is 2.39. The summed E-state index contributed by atoms with van der Waals surface area (Å²) in [7, 11) is 0. The fraction of sp³-hybridized carbons (Fsp3) is 0.261. The molecule has 1 saturated heterocycles. The SMILES string of the molecule is CC(=O)Nc1ccc(NC(=O)[C@@H]2CC(=O)N(CCc3c[nH]c4ccc(Cl)cc34)C2)cc1. The maximum atomic E-state index is 12.6. The summed E-state index contributed by atoms with van der Waals surface area (Å²) in [4.78, 5) is 41.1. The number of aromatic nitrogens is 1. The fourth-order valence-corrected chi connectivity index (χ4v) is 4.03. The molecule has 1 aliphatic rings. The number of anilines is 2. The Morgan fingerprint density at radius 3 is 2.55 bits per heavy atom. The van der Waals surface area contributed by atoms with Crippen LogP contribution < -0.4 is 10.6 Å². The predicted molar refractivity (Wildman–Crippen MR) is 121 cm³/mol. The average Bonchev–Trinajstić information content (AvgIpc) is 3.30. The van der Waals surface area contributed by atoms with Crippen LogP contribution in [0, 0.1) is 5.92 Å². The molecule has 1 aromatic heterocycles. The van der Waals surface area contributed by atoms with Crippen LogP contribution in [0.15, 0.2) is 48.7 Å². The van der Waals surface area contributed by atoms with E-state index in [9.17, 15) is 14.4 Å². The molecule has 31 heavy (non-hydrogen) atoms. The van der Waals surface area contributed by atoms with Gasteiger partial charge in [-0.1, -0.05) is 11.6 Å². The van der Waals surface area contributed by atoms with Crippen LogP contribution in [0.5, 0.6) is 0 Å². The molecular weight excluding hydrogens is 416 g/mol. The minimum Gasteiger partial charge on any atom is -0.361 e. The Bertz CT molecular complexity index is 1140. The van der Waals surface area contributed by atoms with Crippen molar-refractivity contribution in [2.45, 2.75) is 19.8 Å². The Kier molecular flexibility index (Phi) is 5.95. The zero-order valence-corrected chi connectivity index (χ0v) is 17.8. The van der Waals surface area contributed by atoms with Gasteiger partial charge in [0, 0.05) is 59.9 Å². The van der Waals surface area contributed by atoms with E-state index in [0.29, 0.717) is 35.9 Å². The first-order chi connectivity index (χ1) is 14.9. The molecule has 3 amide bonds. The molecule has 1 aliphatic heterocycles. The normalized spacial score (nSPS) is 16.0. The summed E-state index contributed by atoms with van der Waals surface area (Å²) < 4.78 is 0. The molecule has 2 heterocycles. The molecule has 0 spiro atoms. The van der Waals surface area contributed by atoms with Crippen molar-refractivity contribution in [1.29, 1.82) is 0 Å². The molecule has 1 fully saturated rings. The quantitative estimate of drug-likeness (QED) is 0.546. The lowest BCUT2D eigenvalue weighted by atomic mass is 10.1. The van der Waals surface area contributed by atoms with Crippen LogP contribution in [0.1, 0.15) is 18.9 Å². The Morgan fingerprint density at radius 2 is 1.84 bits per heavy atom. The summed E-state index contributed by atoms with van der Waals surface area (Å²) in [6, 6.07) is 12.6. The van der Waals surface area contributed by atoms with Crippen molar-refractivity contribution in [1.82, 2.24) is 9.88 Å². The Labute approximate surface area is 184 Å². The second-order valence-corrected chi connectivity index (χ2v) is 8.18. The number of nitrogens with zero attached hydrogens (tertiary/aromatic N) is 1. The summed E-state index contributed by atoms with van der Waals surface area (Å²) in [5.74, 6) is -0.738. The first-order valence-corrected chi connectivity index (χ1v) is 10.5. The van der Waals surface area contributed by atoms with Crippen LogP contribution in [0.2, 0.25) is 5.02 Å². The van der Waals surface area contributed by atoms with Crippen LogP contribution in [0.4, 0.5) is 11.4 Å². The van der Waals surface area contributed by atoms with Gasteiger partial charge < -0.3 is 20.5 Å². The lowest BCUT2D eigenvalue weighted by Crippen LogP contribution is -2.30. The van der Waals surface area contributed by atoms with E-state index >= 15 is 0 Å². The molecule has 1 atom stereocenters. The van der Waals surface area contributed by atoms with E-state index < -0.39 is 0 Å². The fourth-order valence-electron chi connectivity index (χ4n) is 3.86. The Hall–Kier alpha value is -3.32. The Balaban J connectivity index is 1.33. The van der Waals surface area contributed by atoms with E-state index in [4.69, 9.17) is 11.6 Å². The second kappa shape index (κ2) is 8.81. The van der Waals surface area contributed by atoms with Crippen LogP contribution in [0.25, 0.3) is 10.9 Å². The number of aromatic amines is 1. The third-order valence-electron chi connectivity index (χ3n) is 5.44. The number of carbonyl (C=O) groups is 3. The van der Waals surface area contributed by atoms with Crippen molar-refractivity contribution >= 4 is 51.6 Å². The molecule has 0 saturated carbocycles. The number of halogens is 1. The highest BCUT2D eigenvalue weighted by atomic mass is 35.5. The zero-order valence-electron chi connectivity index (χ0n) is 17.1. The van der Waals surface area contributed by atoms with Gasteiger partial charge in [-0.25, -0.2) is 0 Å². The standard InChI is InChI=1S/C23H23ClN4O3/c1-14(29)26-18-3-5-19(6-4-18)27-23(31)16-10-22(30)28(13-16)9-8-15-12-25-21-7-2-17(24)11-20(15)21/h2-7,11-12,16,25H,8-10,13H2,1H3,(H,26,29)(H,27,31)/t16-/m1/s1. The molecule has 8 heteroatoms. The van der Waals surface area contributed by atoms with E-state index in [2.05, 4.69) is 15.6 Å². The number of carbonyl (C=O) groups excluding carboxylic acids is 3. The van der Waals surface area contributed by atoms with Gasteiger partial charge in [0.25, 0.3) is 0 Å². The van der Waals surface area contributed by atoms with Gasteiger partial charge >= 0.3 is 0 Å². The summed E-state index contributed by atoms with van der Waals surface area (Å²) in [6.07, 6.45) is 2.83. The zero-order chi connectivity index (χ0) is 22.0. The van der Waals surface area contributed by atoms with E-state index in [1.165, 1.54) is 6.92 Å². The molecule has 0 unspecified atom stereocenters. The first kappa shape index (κ1) is 20.9. The van der Waals surface area contributed by atoms with Crippen molar-refractivity contribution in [2.24, 2.45) is 5.92 Å². The van der Waals surface area contributed by atoms with Crippen LogP contribution in [-0.2, 0) is 20.8 Å². The number of benzene rings is 2. The molecule has 3 N–H and O–H groups in total. The Morgan fingerprint density at radius 1 is 1.13 bits per heavy atom. The minimum absolute atomic E-state index is 0.0148. The lowest BCUT2D eigenvalue weighted by molar-refractivity contribution is -0.128. The number of amides is 3. The third kappa shape index (κ3) is 4.88. The van der Waals surface area contributed by atoms with Crippen LogP contribution in [-0.4, -0.2) is 40.7 Å². The minimum atomic E-state index is -0.389. The van der Waals surface area contributed by atoms with E-state index in [1.807, 2.05) is 24.4 Å². The smallest absolute Gasteiger partial charge is 0.229 e. The largest absolute Gasteiger partial charge is 0.361 e. The molecule has 160 valence electrons. The molecule has 0 aliphatic carbocycles. The molecule has 7 nitrogen and oxygen atoms in total. The number of hydrogen-bond acceptors (Lipinski definition) is 3. The molecule has 0 bridgehead atoms. The molecule has 0 radical (unpaired) electrons. The van der Waals surface area contributed by atoms with Gasteiger partial charge in [0.2, 0.25) is 17.7 Å².